The molecule has 2 nitrogen and oxygen atoms in total. The number of benzene rings is 5. The molecule has 0 amide bonds. The zero-order chi connectivity index (χ0) is 30.1. The molecule has 216 valence electrons. The minimum absolute atomic E-state index is 0.0560. The number of aromatic nitrogens is 1. The molecular formula is C43H33NO. The number of allylic oxidation sites excluding steroid dienone is 5. The van der Waals surface area contributed by atoms with Gasteiger partial charge in [-0.25, -0.2) is 0 Å². The number of nitrogens with zero attached hydrogens (tertiary/aromatic N) is 1. The predicted octanol–water partition coefficient (Wildman–Crippen LogP) is 11.0. The van der Waals surface area contributed by atoms with Crippen LogP contribution in [0.15, 0.2) is 115 Å². The maximum atomic E-state index is 6.28. The fraction of sp³-hybridized carbons (Fsp3) is 0.163. The van der Waals surface area contributed by atoms with Crippen LogP contribution in [0.4, 0.5) is 0 Å². The first kappa shape index (κ1) is 25.3. The Bertz CT molecular complexity index is 2390. The highest BCUT2D eigenvalue weighted by atomic mass is 16.5. The summed E-state index contributed by atoms with van der Waals surface area (Å²) in [5.41, 5.74) is 15.4. The lowest BCUT2D eigenvalue weighted by Crippen LogP contribution is -2.24. The fourth-order valence-corrected chi connectivity index (χ4v) is 8.72. The third-order valence-electron chi connectivity index (χ3n) is 11.0. The van der Waals surface area contributed by atoms with Gasteiger partial charge in [0.1, 0.15) is 12.4 Å². The Kier molecular flexibility index (Phi) is 4.80. The average Bonchev–Trinajstić information content (AvgIpc) is 3.40. The first-order chi connectivity index (χ1) is 21.9. The molecule has 0 radical (unpaired) electrons. The molecule has 6 aromatic rings. The maximum Gasteiger partial charge on any atom is 0.127 e. The van der Waals surface area contributed by atoms with E-state index in [0.29, 0.717) is 6.61 Å². The smallest absolute Gasteiger partial charge is 0.127 e. The summed E-state index contributed by atoms with van der Waals surface area (Å²) in [7, 11) is 0. The van der Waals surface area contributed by atoms with Crippen LogP contribution in [-0.2, 0) is 12.0 Å². The van der Waals surface area contributed by atoms with E-state index in [9.17, 15) is 0 Å². The van der Waals surface area contributed by atoms with Crippen molar-refractivity contribution in [3.8, 4) is 33.7 Å². The van der Waals surface area contributed by atoms with E-state index in [1.54, 1.807) is 0 Å². The molecule has 0 saturated carbocycles. The standard InChI is InChI=1S/C43H33NO/c1-42(2)34-15-7-6-14-31(34)39-38-26(12-10-17-35(38)42)23-33-30-20-22-43(3)21-9-8-16-36(43)40(30)44(41(33)39)28-18-19-37-32(24-28)29-13-5-4-11-27(29)25-45-37/h4-20,22-24H,21,25H2,1-3H3. The number of fused-ring (bicyclic) bond motifs is 11. The molecule has 45 heavy (non-hydrogen) atoms. The van der Waals surface area contributed by atoms with E-state index in [1.807, 2.05) is 0 Å². The van der Waals surface area contributed by atoms with Gasteiger partial charge in [-0.15, -0.1) is 0 Å². The van der Waals surface area contributed by atoms with Crippen molar-refractivity contribution in [1.82, 2.24) is 4.57 Å². The lowest BCUT2D eigenvalue weighted by Gasteiger charge is -2.36. The van der Waals surface area contributed by atoms with Crippen molar-refractivity contribution in [2.45, 2.75) is 39.2 Å². The Morgan fingerprint density at radius 2 is 1.60 bits per heavy atom. The van der Waals surface area contributed by atoms with Crippen molar-refractivity contribution in [2.75, 3.05) is 0 Å². The Hall–Kier alpha value is -5.08. The lowest BCUT2D eigenvalue weighted by atomic mass is 9.68. The van der Waals surface area contributed by atoms with Gasteiger partial charge in [0.25, 0.3) is 0 Å². The van der Waals surface area contributed by atoms with E-state index in [-0.39, 0.29) is 10.8 Å². The van der Waals surface area contributed by atoms with Crippen molar-refractivity contribution in [2.24, 2.45) is 5.41 Å². The molecule has 10 rings (SSSR count). The van der Waals surface area contributed by atoms with E-state index < -0.39 is 0 Å². The molecule has 0 fully saturated rings. The molecular weight excluding hydrogens is 546 g/mol. The first-order valence-electron chi connectivity index (χ1n) is 16.1. The normalized spacial score (nSPS) is 19.7. The Morgan fingerprint density at radius 3 is 2.51 bits per heavy atom. The predicted molar refractivity (Wildman–Crippen MR) is 187 cm³/mol. The van der Waals surface area contributed by atoms with Crippen LogP contribution in [0.25, 0.3) is 61.3 Å². The monoisotopic (exact) mass is 579 g/mol. The van der Waals surface area contributed by atoms with Crippen molar-refractivity contribution in [1.29, 1.82) is 0 Å². The molecule has 0 saturated heterocycles. The van der Waals surface area contributed by atoms with Crippen LogP contribution in [0.2, 0.25) is 0 Å². The topological polar surface area (TPSA) is 14.2 Å². The van der Waals surface area contributed by atoms with E-state index in [4.69, 9.17) is 4.74 Å². The van der Waals surface area contributed by atoms with Crippen LogP contribution in [-0.4, -0.2) is 4.57 Å². The Balaban J connectivity index is 1.41. The van der Waals surface area contributed by atoms with Gasteiger partial charge in [-0.1, -0.05) is 118 Å². The van der Waals surface area contributed by atoms with Crippen LogP contribution in [0.1, 0.15) is 55.1 Å². The van der Waals surface area contributed by atoms with Crippen LogP contribution in [0.3, 0.4) is 0 Å². The molecule has 5 aromatic carbocycles. The van der Waals surface area contributed by atoms with Crippen LogP contribution in [0.5, 0.6) is 5.75 Å². The number of rotatable bonds is 1. The second kappa shape index (κ2) is 8.55. The minimum Gasteiger partial charge on any atom is -0.488 e. The third-order valence-corrected chi connectivity index (χ3v) is 11.0. The van der Waals surface area contributed by atoms with Gasteiger partial charge in [-0.2, -0.15) is 0 Å². The molecule has 1 atom stereocenters. The van der Waals surface area contributed by atoms with E-state index in [2.05, 4.69) is 147 Å². The second-order valence-corrected chi connectivity index (χ2v) is 13.9. The Labute approximate surface area is 263 Å². The van der Waals surface area contributed by atoms with Gasteiger partial charge in [0, 0.05) is 38.6 Å². The zero-order valence-electron chi connectivity index (χ0n) is 25.8. The zero-order valence-corrected chi connectivity index (χ0v) is 25.8. The van der Waals surface area contributed by atoms with Gasteiger partial charge in [0.2, 0.25) is 0 Å². The van der Waals surface area contributed by atoms with Crippen molar-refractivity contribution >= 4 is 33.3 Å². The average molecular weight is 580 g/mol. The SMILES string of the molecule is CC12C=Cc3c(n(-c4ccc5c(c4)-c4ccccc4CO5)c4c5c6c(cccc6cc34)C(C)(C)c3ccccc3-5)C1=CC=CC2. The second-order valence-electron chi connectivity index (χ2n) is 13.9. The molecule has 3 aliphatic carbocycles. The van der Waals surface area contributed by atoms with Crippen molar-refractivity contribution in [3.63, 3.8) is 0 Å². The van der Waals surface area contributed by atoms with Crippen LogP contribution < -0.4 is 4.74 Å². The molecule has 0 spiro atoms. The Morgan fingerprint density at radius 1 is 0.778 bits per heavy atom. The van der Waals surface area contributed by atoms with Gasteiger partial charge in [0.15, 0.2) is 0 Å². The molecule has 4 aliphatic rings. The molecule has 2 heteroatoms. The fourth-order valence-electron chi connectivity index (χ4n) is 8.72. The van der Waals surface area contributed by atoms with Crippen LogP contribution >= 0.6 is 0 Å². The number of hydrogen-bond donors (Lipinski definition) is 0. The van der Waals surface area contributed by atoms with E-state index in [1.165, 1.54) is 77.6 Å². The highest BCUT2D eigenvalue weighted by Gasteiger charge is 2.39. The van der Waals surface area contributed by atoms with E-state index >= 15 is 0 Å². The molecule has 0 N–H and O–H groups in total. The summed E-state index contributed by atoms with van der Waals surface area (Å²) in [6, 6.07) is 33.9. The third kappa shape index (κ3) is 3.19. The number of hydrogen-bond acceptors (Lipinski definition) is 1. The largest absolute Gasteiger partial charge is 0.488 e. The summed E-state index contributed by atoms with van der Waals surface area (Å²) in [4.78, 5) is 0. The summed E-state index contributed by atoms with van der Waals surface area (Å²) in [5, 5.41) is 3.99. The highest BCUT2D eigenvalue weighted by molar-refractivity contribution is 6.19. The minimum atomic E-state index is -0.101. The van der Waals surface area contributed by atoms with Crippen molar-refractivity contribution in [3.05, 3.63) is 143 Å². The summed E-state index contributed by atoms with van der Waals surface area (Å²) in [6.45, 7) is 7.76. The molecule has 1 aromatic heterocycles. The van der Waals surface area contributed by atoms with Gasteiger partial charge in [-0.05, 0) is 74.8 Å². The maximum absolute atomic E-state index is 6.28. The highest BCUT2D eigenvalue weighted by Crippen LogP contribution is 2.56. The molecule has 1 unspecified atom stereocenters. The van der Waals surface area contributed by atoms with Crippen LogP contribution in [0, 0.1) is 5.41 Å². The van der Waals surface area contributed by atoms with Gasteiger partial charge in [0.05, 0.1) is 11.2 Å². The summed E-state index contributed by atoms with van der Waals surface area (Å²) >= 11 is 0. The summed E-state index contributed by atoms with van der Waals surface area (Å²) in [5.74, 6) is 0.952. The summed E-state index contributed by atoms with van der Waals surface area (Å²) in [6.07, 6.45) is 12.7. The van der Waals surface area contributed by atoms with Gasteiger partial charge >= 0.3 is 0 Å². The van der Waals surface area contributed by atoms with Crippen molar-refractivity contribution < 1.29 is 4.74 Å². The molecule has 0 bridgehead atoms. The molecule has 1 aliphatic heterocycles. The lowest BCUT2D eigenvalue weighted by molar-refractivity contribution is 0.302. The van der Waals surface area contributed by atoms with Gasteiger partial charge < -0.3 is 9.30 Å². The van der Waals surface area contributed by atoms with E-state index in [0.717, 1.165) is 17.7 Å². The summed E-state index contributed by atoms with van der Waals surface area (Å²) < 4.78 is 8.87. The first-order valence-corrected chi connectivity index (χ1v) is 16.1. The number of ether oxygens (including phenoxy) is 1. The molecule has 2 heterocycles. The van der Waals surface area contributed by atoms with Gasteiger partial charge in [-0.3, -0.25) is 0 Å². The quantitative estimate of drug-likeness (QED) is 0.189.